The van der Waals surface area contributed by atoms with Crippen LogP contribution in [0.2, 0.25) is 10.0 Å². The van der Waals surface area contributed by atoms with Crippen LogP contribution in [0.1, 0.15) is 45.0 Å². The Morgan fingerprint density at radius 3 is 2.55 bits per heavy atom. The summed E-state index contributed by atoms with van der Waals surface area (Å²) >= 11 is 13.1. The van der Waals surface area contributed by atoms with Crippen molar-refractivity contribution >= 4 is 45.5 Å². The molecular weight excluding hydrogens is 566 g/mol. The molecule has 0 amide bonds. The number of aromatic nitrogens is 4. The molecule has 0 aliphatic heterocycles. The predicted molar refractivity (Wildman–Crippen MR) is 148 cm³/mol. The van der Waals surface area contributed by atoms with Crippen molar-refractivity contribution < 1.29 is 19.6 Å². The zero-order valence-electron chi connectivity index (χ0n) is 22.7. The summed E-state index contributed by atoms with van der Waals surface area (Å²) in [7, 11) is 0. The van der Waals surface area contributed by atoms with Gasteiger partial charge in [0.2, 0.25) is 0 Å². The number of hydrogen-bond donors (Lipinski definition) is 3. The van der Waals surface area contributed by atoms with Crippen molar-refractivity contribution in [2.75, 3.05) is 17.2 Å². The largest absolute Gasteiger partial charge is 0.416 e. The van der Waals surface area contributed by atoms with Crippen LogP contribution in [0, 0.1) is 16.7 Å². The Balaban J connectivity index is 1.83. The molecule has 3 N–H and O–H groups in total. The van der Waals surface area contributed by atoms with E-state index in [1.165, 1.54) is 12.3 Å². The third kappa shape index (κ3) is 6.75. The summed E-state index contributed by atoms with van der Waals surface area (Å²) in [5.41, 5.74) is 1.57. The quantitative estimate of drug-likeness (QED) is 0.211. The Hall–Kier alpha value is -3.59. The maximum atomic E-state index is 12.9. The maximum absolute atomic E-state index is 12.9. The Morgan fingerprint density at radius 2 is 1.90 bits per heavy atom. The molecule has 0 aliphatic carbocycles. The van der Waals surface area contributed by atoms with Gasteiger partial charge in [-0.2, -0.15) is 18.4 Å². The molecule has 1 unspecified atom stereocenters. The number of aliphatic hydroxyl groups excluding tert-OH is 1. The van der Waals surface area contributed by atoms with Gasteiger partial charge in [-0.3, -0.25) is 4.98 Å². The van der Waals surface area contributed by atoms with Crippen molar-refractivity contribution in [3.63, 3.8) is 0 Å². The molecule has 0 saturated heterocycles. The zero-order chi connectivity index (χ0) is 30.2. The minimum Gasteiger partial charge on any atom is -0.383 e. The number of rotatable bonds is 8. The number of alkyl halides is 3. The average molecular weight is 593 g/mol. The van der Waals surface area contributed by atoms with E-state index >= 15 is 0 Å². The summed E-state index contributed by atoms with van der Waals surface area (Å²) in [4.78, 5) is 4.34. The SMILES string of the molecule is [2H][C@](Nc1cc(Cl)c2ncc(C#N)c(NCC(C)(C)C)c2c1)(c1cn(CC(O)C(F)(F)F)nn1)c1ccccc1Cl. The first-order chi connectivity index (χ1) is 19.1. The normalized spacial score (nSPS) is 14.8. The molecule has 0 radical (unpaired) electrons. The fraction of sp³-hybridized carbons (Fsp3) is 0.333. The number of fused-ring (bicyclic) bond motifs is 1. The van der Waals surface area contributed by atoms with Gasteiger partial charge < -0.3 is 15.7 Å². The molecule has 4 aromatic rings. The van der Waals surface area contributed by atoms with Crippen LogP contribution in [0.25, 0.3) is 10.9 Å². The van der Waals surface area contributed by atoms with Gasteiger partial charge in [0.15, 0.2) is 6.10 Å². The monoisotopic (exact) mass is 592 g/mol. The molecule has 0 saturated carbocycles. The lowest BCUT2D eigenvalue weighted by atomic mass is 9.96. The first-order valence-corrected chi connectivity index (χ1v) is 12.8. The van der Waals surface area contributed by atoms with Crippen LogP contribution >= 0.6 is 23.2 Å². The van der Waals surface area contributed by atoms with E-state index in [0.29, 0.717) is 34.4 Å². The Morgan fingerprint density at radius 1 is 1.18 bits per heavy atom. The number of hydrogen-bond acceptors (Lipinski definition) is 7. The van der Waals surface area contributed by atoms with Gasteiger partial charge in [0, 0.05) is 28.8 Å². The molecule has 2 atom stereocenters. The lowest BCUT2D eigenvalue weighted by Crippen LogP contribution is -2.33. The van der Waals surface area contributed by atoms with E-state index in [-0.39, 0.29) is 26.7 Å². The van der Waals surface area contributed by atoms with Crippen molar-refractivity contribution in [3.8, 4) is 6.07 Å². The maximum Gasteiger partial charge on any atom is 0.416 e. The fourth-order valence-corrected chi connectivity index (χ4v) is 4.32. The highest BCUT2D eigenvalue weighted by atomic mass is 35.5. The van der Waals surface area contributed by atoms with Crippen molar-refractivity contribution in [2.45, 2.75) is 45.6 Å². The van der Waals surface area contributed by atoms with Crippen LogP contribution < -0.4 is 10.6 Å². The highest BCUT2D eigenvalue weighted by Crippen LogP contribution is 2.37. The first-order valence-electron chi connectivity index (χ1n) is 12.6. The number of nitrogens with zero attached hydrogens (tertiary/aromatic N) is 5. The molecule has 2 aromatic heterocycles. The van der Waals surface area contributed by atoms with Gasteiger partial charge in [-0.05, 0) is 29.2 Å². The molecule has 2 heterocycles. The Labute approximate surface area is 240 Å². The van der Waals surface area contributed by atoms with Gasteiger partial charge >= 0.3 is 6.18 Å². The number of pyridine rings is 1. The number of nitriles is 1. The van der Waals surface area contributed by atoms with Crippen molar-refractivity contribution in [3.05, 3.63) is 75.7 Å². The second-order valence-corrected chi connectivity index (χ2v) is 11.1. The van der Waals surface area contributed by atoms with Gasteiger partial charge in [0.05, 0.1) is 41.9 Å². The van der Waals surface area contributed by atoms with E-state index in [0.717, 1.165) is 10.9 Å². The number of aliphatic hydroxyl groups is 1. The summed E-state index contributed by atoms with van der Waals surface area (Å²) in [6.07, 6.45) is -4.97. The average Bonchev–Trinajstić information content (AvgIpc) is 3.35. The minimum absolute atomic E-state index is 0.0915. The third-order valence-electron chi connectivity index (χ3n) is 5.79. The van der Waals surface area contributed by atoms with Crippen LogP contribution in [-0.4, -0.2) is 43.9 Å². The number of halogens is 5. The summed E-state index contributed by atoms with van der Waals surface area (Å²) < 4.78 is 49.1. The molecular formula is C27H26Cl2F3N7O. The Bertz CT molecular complexity index is 1620. The van der Waals surface area contributed by atoms with Gasteiger partial charge in [0.25, 0.3) is 0 Å². The molecule has 0 spiro atoms. The highest BCUT2D eigenvalue weighted by Gasteiger charge is 2.38. The minimum atomic E-state index is -4.86. The third-order valence-corrected chi connectivity index (χ3v) is 6.40. The van der Waals surface area contributed by atoms with Gasteiger partial charge in [0.1, 0.15) is 11.8 Å². The second-order valence-electron chi connectivity index (χ2n) is 10.3. The number of anilines is 2. The lowest BCUT2D eigenvalue weighted by molar-refractivity contribution is -0.208. The first kappa shape index (κ1) is 28.0. The predicted octanol–water partition coefficient (Wildman–Crippen LogP) is 6.59. The highest BCUT2D eigenvalue weighted by molar-refractivity contribution is 6.36. The lowest BCUT2D eigenvalue weighted by Gasteiger charge is -2.22. The molecule has 210 valence electrons. The smallest absolute Gasteiger partial charge is 0.383 e. The van der Waals surface area contributed by atoms with Crippen LogP contribution in [0.5, 0.6) is 0 Å². The van der Waals surface area contributed by atoms with Crippen LogP contribution in [0.15, 0.2) is 48.8 Å². The van der Waals surface area contributed by atoms with Crippen LogP contribution in [0.3, 0.4) is 0 Å². The van der Waals surface area contributed by atoms with Crippen LogP contribution in [0.4, 0.5) is 24.5 Å². The van der Waals surface area contributed by atoms with E-state index in [4.69, 9.17) is 23.2 Å². The summed E-state index contributed by atoms with van der Waals surface area (Å²) in [6.45, 7) is 5.73. The van der Waals surface area contributed by atoms with Gasteiger partial charge in [-0.15, -0.1) is 5.10 Å². The van der Waals surface area contributed by atoms with E-state index < -0.39 is 24.8 Å². The topological polar surface area (TPSA) is 112 Å². The summed E-state index contributed by atoms with van der Waals surface area (Å²) in [5, 5.41) is 34.2. The standard InChI is InChI=1S/C27H26Cl2F3N7O/c1-26(2,3)14-35-23-15(10-33)11-34-24-18(23)8-16(9-20(24)29)36-25(17-6-4-5-7-19(17)28)21-12-39(38-37-21)13-22(40)27(30,31)32/h4-9,11-12,22,25,36,40H,13-14H2,1-3H3,(H,34,35)/t22?,25-/m1/s1/i25D. The molecule has 0 bridgehead atoms. The molecule has 2 aromatic carbocycles. The van der Waals surface area contributed by atoms with E-state index in [9.17, 15) is 24.9 Å². The van der Waals surface area contributed by atoms with Gasteiger partial charge in [-0.1, -0.05) is 67.4 Å². The molecule has 13 heteroatoms. The van der Waals surface area contributed by atoms with Crippen molar-refractivity contribution in [1.82, 2.24) is 20.0 Å². The van der Waals surface area contributed by atoms with E-state index in [1.54, 1.807) is 30.3 Å². The molecule has 8 nitrogen and oxygen atoms in total. The Kier molecular flexibility index (Phi) is 8.03. The van der Waals surface area contributed by atoms with Gasteiger partial charge in [-0.25, -0.2) is 4.68 Å². The van der Waals surface area contributed by atoms with E-state index in [2.05, 4.69) is 32.0 Å². The molecule has 0 fully saturated rings. The second kappa shape index (κ2) is 11.5. The summed E-state index contributed by atoms with van der Waals surface area (Å²) in [6, 6.07) is 9.82. The van der Waals surface area contributed by atoms with Crippen molar-refractivity contribution in [2.24, 2.45) is 5.41 Å². The zero-order valence-corrected chi connectivity index (χ0v) is 23.2. The number of nitrogens with one attached hydrogen (secondary N) is 2. The fourth-order valence-electron chi connectivity index (χ4n) is 3.82. The number of benzene rings is 2. The van der Waals surface area contributed by atoms with Crippen molar-refractivity contribution in [1.29, 1.82) is 5.26 Å². The summed E-state index contributed by atoms with van der Waals surface area (Å²) in [5.74, 6) is 0. The molecule has 0 aliphatic rings. The molecule has 4 rings (SSSR count). The van der Waals surface area contributed by atoms with E-state index in [1.807, 2.05) is 20.8 Å². The van der Waals surface area contributed by atoms with Crippen LogP contribution in [-0.2, 0) is 6.54 Å². The molecule has 40 heavy (non-hydrogen) atoms.